The monoisotopic (exact) mass is 299 g/mol. The molecule has 1 aliphatic rings. The summed E-state index contributed by atoms with van der Waals surface area (Å²) >= 11 is 0. The Morgan fingerprint density at radius 1 is 1.27 bits per heavy atom. The third-order valence-corrected chi connectivity index (χ3v) is 4.25. The summed E-state index contributed by atoms with van der Waals surface area (Å²) < 4.78 is 5.34. The lowest BCUT2D eigenvalue weighted by molar-refractivity contribution is 0.195. The van der Waals surface area contributed by atoms with Gasteiger partial charge in [-0.1, -0.05) is 11.2 Å². The van der Waals surface area contributed by atoms with Crippen LogP contribution in [0.3, 0.4) is 0 Å². The van der Waals surface area contributed by atoms with Crippen molar-refractivity contribution in [3.63, 3.8) is 0 Å². The van der Waals surface area contributed by atoms with E-state index in [-0.39, 0.29) is 12.1 Å². The number of benzene rings is 1. The van der Waals surface area contributed by atoms with Crippen molar-refractivity contribution in [2.45, 2.75) is 39.7 Å². The van der Waals surface area contributed by atoms with E-state index in [2.05, 4.69) is 17.4 Å². The molecule has 0 saturated carbocycles. The normalized spacial score (nSPS) is 17.8. The van der Waals surface area contributed by atoms with Gasteiger partial charge in [-0.25, -0.2) is 4.79 Å². The second kappa shape index (κ2) is 5.83. The summed E-state index contributed by atoms with van der Waals surface area (Å²) in [5.74, 6) is 0.769. The number of anilines is 1. The molecule has 2 aromatic rings. The smallest absolute Gasteiger partial charge is 0.322 e. The van der Waals surface area contributed by atoms with Crippen molar-refractivity contribution in [1.29, 1.82) is 0 Å². The van der Waals surface area contributed by atoms with Gasteiger partial charge in [-0.3, -0.25) is 0 Å². The molecule has 0 radical (unpaired) electrons. The van der Waals surface area contributed by atoms with Gasteiger partial charge in [0, 0.05) is 18.3 Å². The average molecular weight is 299 g/mol. The molecule has 0 unspecified atom stereocenters. The summed E-state index contributed by atoms with van der Waals surface area (Å²) in [4.78, 5) is 14.4. The standard InChI is InChI=1S/C17H21N3O2/c1-11-6-7-14(9-12(11)2)18-17(21)20-8-4-5-15(20)16-10-13(3)19-22-16/h6-7,9-10,15H,4-5,8H2,1-3H3,(H,18,21)/t15-/m0/s1. The quantitative estimate of drug-likeness (QED) is 0.912. The number of likely N-dealkylation sites (tertiary alicyclic amines) is 1. The fourth-order valence-electron chi connectivity index (χ4n) is 2.86. The van der Waals surface area contributed by atoms with E-state index in [0.717, 1.165) is 36.5 Å². The highest BCUT2D eigenvalue weighted by Crippen LogP contribution is 2.32. The van der Waals surface area contributed by atoms with Crippen molar-refractivity contribution in [3.05, 3.63) is 46.8 Å². The predicted octanol–water partition coefficient (Wildman–Crippen LogP) is 3.97. The van der Waals surface area contributed by atoms with E-state index in [9.17, 15) is 4.79 Å². The summed E-state index contributed by atoms with van der Waals surface area (Å²) in [6.07, 6.45) is 1.89. The Morgan fingerprint density at radius 2 is 2.09 bits per heavy atom. The lowest BCUT2D eigenvalue weighted by atomic mass is 10.1. The second-order valence-corrected chi connectivity index (χ2v) is 5.95. The van der Waals surface area contributed by atoms with Crippen LogP contribution in [0.15, 0.2) is 28.8 Å². The number of hydrogen-bond donors (Lipinski definition) is 1. The van der Waals surface area contributed by atoms with Crippen molar-refractivity contribution in [2.24, 2.45) is 0 Å². The van der Waals surface area contributed by atoms with Gasteiger partial charge in [0.25, 0.3) is 0 Å². The third-order valence-electron chi connectivity index (χ3n) is 4.25. The van der Waals surface area contributed by atoms with Crippen LogP contribution in [0.5, 0.6) is 0 Å². The molecule has 3 rings (SSSR count). The Balaban J connectivity index is 1.74. The first-order chi connectivity index (χ1) is 10.5. The molecule has 2 heterocycles. The number of aromatic nitrogens is 1. The second-order valence-electron chi connectivity index (χ2n) is 5.95. The first kappa shape index (κ1) is 14.6. The minimum atomic E-state index is -0.0835. The summed E-state index contributed by atoms with van der Waals surface area (Å²) in [6.45, 7) is 6.73. The van der Waals surface area contributed by atoms with Crippen LogP contribution >= 0.6 is 0 Å². The molecule has 1 N–H and O–H groups in total. The van der Waals surface area contributed by atoms with E-state index in [1.54, 1.807) is 0 Å². The Morgan fingerprint density at radius 3 is 2.77 bits per heavy atom. The van der Waals surface area contributed by atoms with E-state index in [1.165, 1.54) is 11.1 Å². The topological polar surface area (TPSA) is 58.4 Å². The van der Waals surface area contributed by atoms with Crippen molar-refractivity contribution in [1.82, 2.24) is 10.1 Å². The van der Waals surface area contributed by atoms with Gasteiger partial charge in [0.05, 0.1) is 11.7 Å². The molecule has 1 fully saturated rings. The number of aryl methyl sites for hydroxylation is 3. The molecule has 22 heavy (non-hydrogen) atoms. The SMILES string of the molecule is Cc1cc([C@@H]2CCCN2C(=O)Nc2ccc(C)c(C)c2)on1. The summed E-state index contributed by atoms with van der Waals surface area (Å²) in [5.41, 5.74) is 4.06. The molecule has 1 aromatic heterocycles. The number of carbonyl (C=O) groups is 1. The summed E-state index contributed by atoms with van der Waals surface area (Å²) in [6, 6.07) is 7.76. The van der Waals surface area contributed by atoms with Crippen molar-refractivity contribution < 1.29 is 9.32 Å². The zero-order chi connectivity index (χ0) is 15.7. The molecular formula is C17H21N3O2. The number of amides is 2. The van der Waals surface area contributed by atoms with E-state index >= 15 is 0 Å². The number of urea groups is 1. The highest BCUT2D eigenvalue weighted by atomic mass is 16.5. The molecule has 0 bridgehead atoms. The molecule has 1 aromatic carbocycles. The highest BCUT2D eigenvalue weighted by molar-refractivity contribution is 5.89. The lowest BCUT2D eigenvalue weighted by Crippen LogP contribution is -2.34. The predicted molar refractivity (Wildman–Crippen MR) is 84.9 cm³/mol. The zero-order valence-corrected chi connectivity index (χ0v) is 13.2. The first-order valence-corrected chi connectivity index (χ1v) is 7.62. The van der Waals surface area contributed by atoms with E-state index in [0.29, 0.717) is 0 Å². The molecule has 5 nitrogen and oxygen atoms in total. The van der Waals surface area contributed by atoms with Crippen molar-refractivity contribution in [2.75, 3.05) is 11.9 Å². The molecule has 116 valence electrons. The van der Waals surface area contributed by atoms with Crippen LogP contribution in [-0.2, 0) is 0 Å². The number of nitrogens with one attached hydrogen (secondary N) is 1. The van der Waals surface area contributed by atoms with Gasteiger partial charge in [0.2, 0.25) is 0 Å². The van der Waals surface area contributed by atoms with Gasteiger partial charge in [0.15, 0.2) is 5.76 Å². The van der Waals surface area contributed by atoms with E-state index < -0.39 is 0 Å². The Bertz CT molecular complexity index is 693. The fraction of sp³-hybridized carbons (Fsp3) is 0.412. The van der Waals surface area contributed by atoms with Gasteiger partial charge in [0.1, 0.15) is 0 Å². The number of nitrogens with zero attached hydrogens (tertiary/aromatic N) is 2. The highest BCUT2D eigenvalue weighted by Gasteiger charge is 2.32. The third kappa shape index (κ3) is 2.84. The Hall–Kier alpha value is -2.30. The van der Waals surface area contributed by atoms with Gasteiger partial charge < -0.3 is 14.7 Å². The van der Waals surface area contributed by atoms with Crippen LogP contribution in [0, 0.1) is 20.8 Å². The summed E-state index contributed by atoms with van der Waals surface area (Å²) in [7, 11) is 0. The number of carbonyl (C=O) groups excluding carboxylic acids is 1. The Labute approximate surface area is 130 Å². The average Bonchev–Trinajstić information content (AvgIpc) is 3.11. The van der Waals surface area contributed by atoms with Crippen LogP contribution in [0.2, 0.25) is 0 Å². The van der Waals surface area contributed by atoms with Crippen molar-refractivity contribution >= 4 is 11.7 Å². The molecule has 5 heteroatoms. The molecule has 0 spiro atoms. The maximum absolute atomic E-state index is 12.6. The van der Waals surface area contributed by atoms with Gasteiger partial charge in [-0.2, -0.15) is 0 Å². The molecular weight excluding hydrogens is 278 g/mol. The minimum absolute atomic E-state index is 0.0206. The van der Waals surface area contributed by atoms with Crippen LogP contribution in [0.4, 0.5) is 10.5 Å². The largest absolute Gasteiger partial charge is 0.359 e. The first-order valence-electron chi connectivity index (χ1n) is 7.62. The molecule has 0 aliphatic carbocycles. The maximum atomic E-state index is 12.6. The van der Waals surface area contributed by atoms with Crippen molar-refractivity contribution in [3.8, 4) is 0 Å². The van der Waals surface area contributed by atoms with Gasteiger partial charge in [-0.15, -0.1) is 0 Å². The van der Waals surface area contributed by atoms with E-state index in [1.807, 2.05) is 43.0 Å². The number of hydrogen-bond acceptors (Lipinski definition) is 3. The van der Waals surface area contributed by atoms with Gasteiger partial charge >= 0.3 is 6.03 Å². The van der Waals surface area contributed by atoms with Crippen LogP contribution < -0.4 is 5.32 Å². The van der Waals surface area contributed by atoms with Crippen LogP contribution in [0.1, 0.15) is 41.5 Å². The van der Waals surface area contributed by atoms with Crippen LogP contribution in [-0.4, -0.2) is 22.6 Å². The molecule has 1 aliphatic heterocycles. The Kier molecular flexibility index (Phi) is 3.88. The minimum Gasteiger partial charge on any atom is -0.359 e. The summed E-state index contributed by atoms with van der Waals surface area (Å²) in [5, 5.41) is 6.91. The molecule has 1 atom stereocenters. The maximum Gasteiger partial charge on any atom is 0.322 e. The van der Waals surface area contributed by atoms with Gasteiger partial charge in [-0.05, 0) is 56.9 Å². The van der Waals surface area contributed by atoms with Crippen LogP contribution in [0.25, 0.3) is 0 Å². The molecule has 1 saturated heterocycles. The number of rotatable bonds is 2. The molecule has 2 amide bonds. The van der Waals surface area contributed by atoms with E-state index in [4.69, 9.17) is 4.52 Å². The zero-order valence-electron chi connectivity index (χ0n) is 13.2. The lowest BCUT2D eigenvalue weighted by Gasteiger charge is -2.23. The fourth-order valence-corrected chi connectivity index (χ4v) is 2.86.